The number of aromatic nitrogens is 2. The molecule has 27 heavy (non-hydrogen) atoms. The number of thioether (sulfide) groups is 1. The highest BCUT2D eigenvalue weighted by molar-refractivity contribution is 8.00. The molecule has 1 amide bonds. The highest BCUT2D eigenvalue weighted by atomic mass is 32.2. The van der Waals surface area contributed by atoms with Gasteiger partial charge in [-0.15, -0.1) is 10.2 Å². The molecule has 1 heterocycles. The van der Waals surface area contributed by atoms with E-state index in [4.69, 9.17) is 4.74 Å². The van der Waals surface area contributed by atoms with Crippen molar-refractivity contribution in [2.45, 2.75) is 30.9 Å². The van der Waals surface area contributed by atoms with Crippen molar-refractivity contribution in [3.63, 3.8) is 0 Å². The topological polar surface area (TPSA) is 64.1 Å². The zero-order valence-electron chi connectivity index (χ0n) is 15.5. The highest BCUT2D eigenvalue weighted by Crippen LogP contribution is 2.29. The first kappa shape index (κ1) is 19.4. The monoisotopic (exact) mass is 399 g/mol. The van der Waals surface area contributed by atoms with Gasteiger partial charge in [-0.05, 0) is 56.2 Å². The Morgan fingerprint density at radius 1 is 1.15 bits per heavy atom. The second-order valence-electron chi connectivity index (χ2n) is 6.00. The lowest BCUT2D eigenvalue weighted by Crippen LogP contribution is -2.11. The van der Waals surface area contributed by atoms with E-state index in [-0.39, 0.29) is 5.91 Å². The Labute approximate surface area is 167 Å². The third-order valence-electron chi connectivity index (χ3n) is 3.91. The fraction of sp³-hybridized carbons (Fsp3) is 0.250. The van der Waals surface area contributed by atoms with Crippen LogP contribution in [0.2, 0.25) is 0 Å². The van der Waals surface area contributed by atoms with Crippen LogP contribution in [0, 0.1) is 13.8 Å². The van der Waals surface area contributed by atoms with Crippen molar-refractivity contribution in [2.24, 2.45) is 0 Å². The summed E-state index contributed by atoms with van der Waals surface area (Å²) in [5.74, 6) is 1.37. The molecule has 1 N–H and O–H groups in total. The van der Waals surface area contributed by atoms with Crippen LogP contribution in [0.15, 0.2) is 46.8 Å². The summed E-state index contributed by atoms with van der Waals surface area (Å²) in [5, 5.41) is 11.5. The van der Waals surface area contributed by atoms with Crippen LogP contribution in [-0.4, -0.2) is 22.7 Å². The summed E-state index contributed by atoms with van der Waals surface area (Å²) in [7, 11) is 0. The van der Waals surface area contributed by atoms with Gasteiger partial charge in [-0.25, -0.2) is 0 Å². The lowest BCUT2D eigenvalue weighted by Gasteiger charge is -2.05. The smallest absolute Gasteiger partial charge is 0.257 e. The van der Waals surface area contributed by atoms with Gasteiger partial charge in [0.15, 0.2) is 4.34 Å². The molecule has 2 aromatic carbocycles. The predicted octanol–water partition coefficient (Wildman–Crippen LogP) is 5.10. The summed E-state index contributed by atoms with van der Waals surface area (Å²) in [6, 6.07) is 13.5. The second kappa shape index (κ2) is 9.01. The second-order valence-corrected chi connectivity index (χ2v) is 8.20. The van der Waals surface area contributed by atoms with Gasteiger partial charge in [0.1, 0.15) is 5.75 Å². The molecule has 0 radical (unpaired) electrons. The number of carbonyl (C=O) groups excluding carboxylic acids is 1. The fourth-order valence-electron chi connectivity index (χ4n) is 2.45. The number of amides is 1. The van der Waals surface area contributed by atoms with Crippen LogP contribution in [0.5, 0.6) is 5.75 Å². The first-order valence-electron chi connectivity index (χ1n) is 8.62. The Bertz CT molecular complexity index is 923. The first-order valence-corrected chi connectivity index (χ1v) is 10.4. The van der Waals surface area contributed by atoms with Crippen molar-refractivity contribution in [3.8, 4) is 5.75 Å². The summed E-state index contributed by atoms with van der Waals surface area (Å²) in [4.78, 5) is 12.3. The van der Waals surface area contributed by atoms with Crippen LogP contribution in [-0.2, 0) is 5.75 Å². The van der Waals surface area contributed by atoms with E-state index in [1.807, 2.05) is 6.92 Å². The molecular formula is C20H21N3O2S2. The maximum atomic E-state index is 12.3. The van der Waals surface area contributed by atoms with Crippen molar-refractivity contribution < 1.29 is 9.53 Å². The lowest BCUT2D eigenvalue weighted by atomic mass is 10.1. The van der Waals surface area contributed by atoms with E-state index in [1.165, 1.54) is 28.0 Å². The van der Waals surface area contributed by atoms with Crippen molar-refractivity contribution in [2.75, 3.05) is 11.9 Å². The van der Waals surface area contributed by atoms with E-state index in [0.717, 1.165) is 15.8 Å². The maximum absolute atomic E-state index is 12.3. The third-order valence-corrected chi connectivity index (χ3v) is 5.93. The number of benzene rings is 2. The molecule has 0 unspecified atom stereocenters. The molecule has 0 atom stereocenters. The van der Waals surface area contributed by atoms with Gasteiger partial charge in [0.25, 0.3) is 5.91 Å². The number of hydrogen-bond acceptors (Lipinski definition) is 6. The Balaban J connectivity index is 1.58. The van der Waals surface area contributed by atoms with Crippen LogP contribution in [0.1, 0.15) is 34.0 Å². The van der Waals surface area contributed by atoms with Crippen molar-refractivity contribution in [3.05, 3.63) is 64.7 Å². The molecule has 0 aliphatic carbocycles. The molecule has 0 saturated heterocycles. The highest BCUT2D eigenvalue weighted by Gasteiger charge is 2.11. The van der Waals surface area contributed by atoms with Crippen molar-refractivity contribution >= 4 is 34.1 Å². The number of ether oxygens (including phenoxy) is 1. The van der Waals surface area contributed by atoms with E-state index >= 15 is 0 Å². The average molecular weight is 400 g/mol. The molecule has 0 aliphatic rings. The SMILES string of the molecule is CCOc1ccc(C(=O)Nc2nnc(SCc3cc(C)ccc3C)s2)cc1. The normalized spacial score (nSPS) is 10.6. The van der Waals surface area contributed by atoms with Gasteiger partial charge < -0.3 is 4.74 Å². The van der Waals surface area contributed by atoms with Crippen molar-refractivity contribution in [1.29, 1.82) is 0 Å². The van der Waals surface area contributed by atoms with Gasteiger partial charge in [0, 0.05) is 11.3 Å². The van der Waals surface area contributed by atoms with Crippen LogP contribution in [0.25, 0.3) is 0 Å². The molecule has 7 heteroatoms. The Morgan fingerprint density at radius 2 is 1.93 bits per heavy atom. The fourth-order valence-corrected chi connectivity index (χ4v) is 4.26. The molecule has 140 valence electrons. The van der Waals surface area contributed by atoms with Gasteiger partial charge in [0.05, 0.1) is 6.61 Å². The summed E-state index contributed by atoms with van der Waals surface area (Å²) >= 11 is 3.01. The zero-order chi connectivity index (χ0) is 19.2. The lowest BCUT2D eigenvalue weighted by molar-refractivity contribution is 0.102. The van der Waals surface area contributed by atoms with Gasteiger partial charge in [0.2, 0.25) is 5.13 Å². The maximum Gasteiger partial charge on any atom is 0.257 e. The molecule has 0 saturated carbocycles. The summed E-state index contributed by atoms with van der Waals surface area (Å²) in [6.07, 6.45) is 0. The number of anilines is 1. The molecule has 0 fully saturated rings. The molecule has 1 aromatic heterocycles. The standard InChI is InChI=1S/C20H21N3O2S2/c1-4-25-17-9-7-15(8-10-17)18(24)21-19-22-23-20(27-19)26-12-16-11-13(2)5-6-14(16)3/h5-11H,4,12H2,1-3H3,(H,21,22,24). The number of carbonyl (C=O) groups is 1. The predicted molar refractivity (Wildman–Crippen MR) is 111 cm³/mol. The van der Waals surface area contributed by atoms with Gasteiger partial charge in [-0.3, -0.25) is 10.1 Å². The number of aryl methyl sites for hydroxylation is 2. The quantitative estimate of drug-likeness (QED) is 0.442. The Hall–Kier alpha value is -2.38. The minimum absolute atomic E-state index is 0.208. The van der Waals surface area contributed by atoms with Crippen LogP contribution in [0.3, 0.4) is 0 Å². The Morgan fingerprint density at radius 3 is 2.67 bits per heavy atom. The van der Waals surface area contributed by atoms with E-state index in [2.05, 4.69) is 47.6 Å². The van der Waals surface area contributed by atoms with Crippen LogP contribution in [0.4, 0.5) is 5.13 Å². The molecule has 0 bridgehead atoms. The van der Waals surface area contributed by atoms with E-state index in [9.17, 15) is 4.79 Å². The number of nitrogens with one attached hydrogen (secondary N) is 1. The minimum atomic E-state index is -0.208. The molecule has 5 nitrogen and oxygen atoms in total. The summed E-state index contributed by atoms with van der Waals surface area (Å²) in [5.41, 5.74) is 4.35. The molecular weight excluding hydrogens is 378 g/mol. The number of nitrogens with zero attached hydrogens (tertiary/aromatic N) is 2. The number of rotatable bonds is 7. The van der Waals surface area contributed by atoms with Crippen LogP contribution < -0.4 is 10.1 Å². The van der Waals surface area contributed by atoms with E-state index in [0.29, 0.717) is 17.3 Å². The Kier molecular flexibility index (Phi) is 6.47. The third kappa shape index (κ3) is 5.30. The average Bonchev–Trinajstić information content (AvgIpc) is 3.10. The molecule has 0 spiro atoms. The molecule has 3 rings (SSSR count). The largest absolute Gasteiger partial charge is 0.494 e. The van der Waals surface area contributed by atoms with Gasteiger partial charge >= 0.3 is 0 Å². The van der Waals surface area contributed by atoms with Crippen LogP contribution >= 0.6 is 23.1 Å². The van der Waals surface area contributed by atoms with E-state index in [1.54, 1.807) is 36.0 Å². The van der Waals surface area contributed by atoms with Gasteiger partial charge in [-0.2, -0.15) is 0 Å². The van der Waals surface area contributed by atoms with E-state index < -0.39 is 0 Å². The van der Waals surface area contributed by atoms with Gasteiger partial charge in [-0.1, -0.05) is 46.9 Å². The first-order chi connectivity index (χ1) is 13.0. The molecule has 0 aliphatic heterocycles. The number of hydrogen-bond donors (Lipinski definition) is 1. The minimum Gasteiger partial charge on any atom is -0.494 e. The molecule has 3 aromatic rings. The van der Waals surface area contributed by atoms with Crippen molar-refractivity contribution in [1.82, 2.24) is 10.2 Å². The zero-order valence-corrected chi connectivity index (χ0v) is 17.1. The summed E-state index contributed by atoms with van der Waals surface area (Å²) < 4.78 is 6.22. The summed E-state index contributed by atoms with van der Waals surface area (Å²) in [6.45, 7) is 6.72.